The van der Waals surface area contributed by atoms with Gasteiger partial charge < -0.3 is 4.79 Å². The number of aldehydes is 1. The molecule has 0 saturated heterocycles. The summed E-state index contributed by atoms with van der Waals surface area (Å²) in [7, 11) is 0. The molecule has 0 aromatic carbocycles. The van der Waals surface area contributed by atoms with Crippen LogP contribution in [0.3, 0.4) is 0 Å². The van der Waals surface area contributed by atoms with Crippen LogP contribution in [-0.4, -0.2) is 6.29 Å². The van der Waals surface area contributed by atoms with Crippen molar-refractivity contribution in [2.45, 2.75) is 25.7 Å². The first-order valence-corrected chi connectivity index (χ1v) is 6.14. The van der Waals surface area contributed by atoms with Crippen LogP contribution < -0.4 is 0 Å². The molecule has 1 spiro atoms. The minimum absolute atomic E-state index is 0.222. The highest BCUT2D eigenvalue weighted by Crippen LogP contribution is 2.61. The second-order valence-corrected chi connectivity index (χ2v) is 5.81. The van der Waals surface area contributed by atoms with E-state index < -0.39 is 0 Å². The van der Waals surface area contributed by atoms with Crippen molar-refractivity contribution in [2.75, 3.05) is 0 Å². The molecule has 0 aromatic rings. The zero-order chi connectivity index (χ0) is 11.3. The summed E-state index contributed by atoms with van der Waals surface area (Å²) in [5.41, 5.74) is 2.79. The van der Waals surface area contributed by atoms with Crippen molar-refractivity contribution >= 4 is 6.29 Å². The van der Waals surface area contributed by atoms with E-state index in [1.807, 2.05) is 0 Å². The van der Waals surface area contributed by atoms with Gasteiger partial charge in [-0.3, -0.25) is 0 Å². The van der Waals surface area contributed by atoms with E-state index in [9.17, 15) is 4.79 Å². The van der Waals surface area contributed by atoms with Crippen LogP contribution in [0.2, 0.25) is 0 Å². The van der Waals surface area contributed by atoms with Gasteiger partial charge in [0.1, 0.15) is 6.29 Å². The maximum Gasteiger partial charge on any atom is 0.123 e. The molecule has 3 rings (SSSR count). The van der Waals surface area contributed by atoms with E-state index in [1.165, 1.54) is 23.9 Å². The lowest BCUT2D eigenvalue weighted by atomic mass is 9.59. The molecule has 2 bridgehead atoms. The van der Waals surface area contributed by atoms with E-state index in [4.69, 9.17) is 0 Å². The van der Waals surface area contributed by atoms with Gasteiger partial charge in [0.25, 0.3) is 0 Å². The third-order valence-electron chi connectivity index (χ3n) is 4.88. The van der Waals surface area contributed by atoms with Gasteiger partial charge in [0.15, 0.2) is 0 Å². The summed E-state index contributed by atoms with van der Waals surface area (Å²) in [6, 6.07) is 0. The van der Waals surface area contributed by atoms with E-state index in [0.717, 1.165) is 19.3 Å². The predicted molar refractivity (Wildman–Crippen MR) is 64.9 cm³/mol. The summed E-state index contributed by atoms with van der Waals surface area (Å²) in [6.45, 7) is 8.25. The van der Waals surface area contributed by atoms with E-state index >= 15 is 0 Å². The molecule has 0 heterocycles. The van der Waals surface area contributed by atoms with Crippen LogP contribution >= 0.6 is 0 Å². The van der Waals surface area contributed by atoms with Crippen LogP contribution in [0.25, 0.3) is 0 Å². The molecule has 16 heavy (non-hydrogen) atoms. The highest BCUT2D eigenvalue weighted by molar-refractivity contribution is 5.56. The molecule has 1 nitrogen and oxygen atoms in total. The third kappa shape index (κ3) is 1.20. The Hall–Kier alpha value is -1.11. The van der Waals surface area contributed by atoms with Gasteiger partial charge in [-0.2, -0.15) is 0 Å². The van der Waals surface area contributed by atoms with E-state index in [2.05, 4.69) is 25.3 Å². The predicted octanol–water partition coefficient (Wildman–Crippen LogP) is 3.29. The summed E-state index contributed by atoms with van der Waals surface area (Å²) in [4.78, 5) is 11.3. The number of allylic oxidation sites excluding steroid dienone is 4. The molecule has 0 radical (unpaired) electrons. The van der Waals surface area contributed by atoms with Crippen LogP contribution in [0.5, 0.6) is 0 Å². The Bertz CT molecular complexity index is 404. The first-order valence-electron chi connectivity index (χ1n) is 6.14. The molecule has 0 unspecified atom stereocenters. The Labute approximate surface area is 96.9 Å². The van der Waals surface area contributed by atoms with Crippen molar-refractivity contribution in [3.05, 3.63) is 36.5 Å². The summed E-state index contributed by atoms with van der Waals surface area (Å²) >= 11 is 0. The van der Waals surface area contributed by atoms with Gasteiger partial charge in [0, 0.05) is 5.92 Å². The fourth-order valence-corrected chi connectivity index (χ4v) is 4.08. The summed E-state index contributed by atoms with van der Waals surface area (Å²) < 4.78 is 0. The van der Waals surface area contributed by atoms with E-state index in [1.54, 1.807) is 0 Å². The van der Waals surface area contributed by atoms with Gasteiger partial charge in [-0.1, -0.05) is 36.5 Å². The van der Waals surface area contributed by atoms with Gasteiger partial charge in [-0.15, -0.1) is 0 Å². The molecule has 2 fully saturated rings. The monoisotopic (exact) mass is 214 g/mol. The Morgan fingerprint density at radius 3 is 3.00 bits per heavy atom. The smallest absolute Gasteiger partial charge is 0.123 e. The zero-order valence-electron chi connectivity index (χ0n) is 9.61. The Kier molecular flexibility index (Phi) is 2.01. The average Bonchev–Trinajstić information content (AvgIpc) is 2.52. The second kappa shape index (κ2) is 3.19. The first kappa shape index (κ1) is 10.1. The maximum absolute atomic E-state index is 11.3. The quantitative estimate of drug-likeness (QED) is 0.483. The van der Waals surface area contributed by atoms with Crippen LogP contribution in [0.1, 0.15) is 25.7 Å². The second-order valence-electron chi connectivity index (χ2n) is 5.81. The minimum Gasteiger partial charge on any atom is -0.303 e. The van der Waals surface area contributed by atoms with Crippen molar-refractivity contribution in [3.63, 3.8) is 0 Å². The van der Waals surface area contributed by atoms with Crippen molar-refractivity contribution < 1.29 is 4.79 Å². The lowest BCUT2D eigenvalue weighted by molar-refractivity contribution is -0.115. The van der Waals surface area contributed by atoms with Crippen LogP contribution in [0.4, 0.5) is 0 Å². The molecule has 3 aliphatic rings. The third-order valence-corrected chi connectivity index (χ3v) is 4.88. The molecule has 0 aromatic heterocycles. The highest BCUT2D eigenvalue weighted by Gasteiger charge is 2.53. The van der Waals surface area contributed by atoms with Crippen LogP contribution in [0.15, 0.2) is 36.5 Å². The molecular formula is C15H18O. The molecular weight excluding hydrogens is 196 g/mol. The summed E-state index contributed by atoms with van der Waals surface area (Å²) in [5, 5.41) is 0. The van der Waals surface area contributed by atoms with Gasteiger partial charge in [-0.25, -0.2) is 0 Å². The van der Waals surface area contributed by atoms with Crippen LogP contribution in [0, 0.1) is 23.2 Å². The molecule has 1 heteroatoms. The van der Waals surface area contributed by atoms with Crippen molar-refractivity contribution in [2.24, 2.45) is 23.2 Å². The normalized spacial score (nSPS) is 45.6. The fourth-order valence-electron chi connectivity index (χ4n) is 4.08. The van der Waals surface area contributed by atoms with Gasteiger partial charge in [0.2, 0.25) is 0 Å². The molecule has 0 aliphatic heterocycles. The summed E-state index contributed by atoms with van der Waals surface area (Å²) in [6.07, 6.45) is 10.00. The molecule has 3 aliphatic carbocycles. The largest absolute Gasteiger partial charge is 0.303 e. The maximum atomic E-state index is 11.3. The zero-order valence-corrected chi connectivity index (χ0v) is 9.61. The number of rotatable bonds is 1. The number of hydrogen-bond acceptors (Lipinski definition) is 1. The van der Waals surface area contributed by atoms with Gasteiger partial charge in [-0.05, 0) is 42.9 Å². The molecule has 0 amide bonds. The number of carbonyl (C=O) groups excluding carboxylic acids is 1. The SMILES string of the molecule is C=C1C=C[C@]23CC(=C)[C@H](C[C@H](C=O)[C@H]2C1)C3. The lowest BCUT2D eigenvalue weighted by Gasteiger charge is -2.44. The van der Waals surface area contributed by atoms with Gasteiger partial charge >= 0.3 is 0 Å². The number of fused-ring (bicyclic) bond motifs is 1. The van der Waals surface area contributed by atoms with Crippen molar-refractivity contribution in [1.29, 1.82) is 0 Å². The Morgan fingerprint density at radius 1 is 1.44 bits per heavy atom. The molecule has 2 saturated carbocycles. The first-order chi connectivity index (χ1) is 7.64. The molecule has 4 atom stereocenters. The molecule has 0 N–H and O–H groups in total. The standard InChI is InChI=1S/C15H18O/c1-10-3-4-15-7-11(2)12(8-15)6-13(9-16)14(15)5-10/h3-4,9,12-14H,1-2,5-8H2/t12-,13-,14-,15-/m1/s1. The topological polar surface area (TPSA) is 17.1 Å². The van der Waals surface area contributed by atoms with E-state index in [-0.39, 0.29) is 11.3 Å². The minimum atomic E-state index is 0.222. The number of carbonyl (C=O) groups is 1. The van der Waals surface area contributed by atoms with Crippen molar-refractivity contribution in [1.82, 2.24) is 0 Å². The average molecular weight is 214 g/mol. The lowest BCUT2D eigenvalue weighted by Crippen LogP contribution is -2.38. The summed E-state index contributed by atoms with van der Waals surface area (Å²) in [5.74, 6) is 1.29. The molecule has 84 valence electrons. The highest BCUT2D eigenvalue weighted by atomic mass is 16.1. The van der Waals surface area contributed by atoms with Gasteiger partial charge in [0.05, 0.1) is 0 Å². The number of hydrogen-bond donors (Lipinski definition) is 0. The fraction of sp³-hybridized carbons (Fsp3) is 0.533. The van der Waals surface area contributed by atoms with Crippen molar-refractivity contribution in [3.8, 4) is 0 Å². The van der Waals surface area contributed by atoms with E-state index in [0.29, 0.717) is 11.8 Å². The Balaban J connectivity index is 2.06. The van der Waals surface area contributed by atoms with Crippen LogP contribution in [-0.2, 0) is 4.79 Å². The Morgan fingerprint density at radius 2 is 2.25 bits per heavy atom.